The van der Waals surface area contributed by atoms with Gasteiger partial charge in [-0.3, -0.25) is 0 Å². The first-order valence-corrected chi connectivity index (χ1v) is 6.07. The van der Waals surface area contributed by atoms with E-state index in [9.17, 15) is 13.6 Å². The van der Waals surface area contributed by atoms with Crippen molar-refractivity contribution >= 4 is 21.7 Å². The maximum absolute atomic E-state index is 13.2. The second-order valence-electron chi connectivity index (χ2n) is 3.71. The van der Waals surface area contributed by atoms with E-state index < -0.39 is 11.6 Å². The van der Waals surface area contributed by atoms with Gasteiger partial charge in [0.05, 0.1) is 6.61 Å². The van der Waals surface area contributed by atoms with E-state index in [1.165, 1.54) is 13.0 Å². The van der Waals surface area contributed by atoms with E-state index in [0.29, 0.717) is 23.7 Å². The lowest BCUT2D eigenvalue weighted by Gasteiger charge is -2.07. The van der Waals surface area contributed by atoms with Crippen LogP contribution in [0, 0.1) is 11.6 Å². The molecule has 94 valence electrons. The van der Waals surface area contributed by atoms with Crippen molar-refractivity contribution in [2.24, 2.45) is 0 Å². The summed E-state index contributed by atoms with van der Waals surface area (Å²) < 4.78 is 31.8. The quantitative estimate of drug-likeness (QED) is 0.589. The summed E-state index contributed by atoms with van der Waals surface area (Å²) in [7, 11) is 0. The molecule has 0 unspecified atom stereocenters. The van der Waals surface area contributed by atoms with Crippen molar-refractivity contribution in [2.45, 2.75) is 26.2 Å². The lowest BCUT2D eigenvalue weighted by molar-refractivity contribution is -0.117. The molecule has 1 aromatic carbocycles. The number of ketones is 1. The molecule has 0 heterocycles. The van der Waals surface area contributed by atoms with Gasteiger partial charge in [0.15, 0.2) is 11.6 Å². The Morgan fingerprint density at radius 1 is 1.35 bits per heavy atom. The lowest BCUT2D eigenvalue weighted by Crippen LogP contribution is -2.01. The molecule has 0 radical (unpaired) electrons. The fourth-order valence-corrected chi connectivity index (χ4v) is 1.70. The molecule has 0 spiro atoms. The molecule has 0 aliphatic rings. The van der Waals surface area contributed by atoms with E-state index in [0.717, 1.165) is 6.07 Å². The summed E-state index contributed by atoms with van der Waals surface area (Å²) in [5.74, 6) is -1.93. The van der Waals surface area contributed by atoms with Gasteiger partial charge >= 0.3 is 0 Å². The second kappa shape index (κ2) is 6.69. The van der Waals surface area contributed by atoms with Crippen molar-refractivity contribution in [1.82, 2.24) is 0 Å². The Balaban J connectivity index is 2.44. The van der Waals surface area contributed by atoms with Crippen LogP contribution in [0.25, 0.3) is 0 Å². The van der Waals surface area contributed by atoms with Crippen LogP contribution in [0.15, 0.2) is 16.6 Å². The highest BCUT2D eigenvalue weighted by Gasteiger charge is 2.10. The molecule has 0 amide bonds. The molecule has 0 aromatic heterocycles. The molecule has 2 nitrogen and oxygen atoms in total. The Kier molecular flexibility index (Phi) is 5.55. The number of halogens is 3. The second-order valence-corrected chi connectivity index (χ2v) is 4.62. The number of hydrogen-bond acceptors (Lipinski definition) is 2. The van der Waals surface area contributed by atoms with Crippen LogP contribution in [0.5, 0.6) is 5.75 Å². The molecule has 1 rings (SSSR count). The van der Waals surface area contributed by atoms with Gasteiger partial charge in [0.25, 0.3) is 0 Å². The number of rotatable bonds is 6. The number of hydrogen-bond donors (Lipinski definition) is 0. The summed E-state index contributed by atoms with van der Waals surface area (Å²) in [4.78, 5) is 10.7. The molecule has 1 aromatic rings. The zero-order chi connectivity index (χ0) is 12.8. The first-order valence-electron chi connectivity index (χ1n) is 5.27. The third kappa shape index (κ3) is 4.81. The van der Waals surface area contributed by atoms with Gasteiger partial charge < -0.3 is 9.53 Å². The minimum atomic E-state index is -0.986. The maximum atomic E-state index is 13.2. The van der Waals surface area contributed by atoms with E-state index in [4.69, 9.17) is 4.74 Å². The third-order valence-corrected chi connectivity index (χ3v) is 2.60. The molecule has 5 heteroatoms. The summed E-state index contributed by atoms with van der Waals surface area (Å²) in [6.07, 6.45) is 1.80. The number of ether oxygens (including phenoxy) is 1. The largest absolute Gasteiger partial charge is 0.490 e. The summed E-state index contributed by atoms with van der Waals surface area (Å²) >= 11 is 3.06. The summed E-state index contributed by atoms with van der Waals surface area (Å²) in [6, 6.07) is 2.42. The van der Waals surface area contributed by atoms with Gasteiger partial charge in [0, 0.05) is 10.9 Å². The van der Waals surface area contributed by atoms with Gasteiger partial charge in [-0.15, -0.1) is 0 Å². The Hall–Kier alpha value is -0.970. The van der Waals surface area contributed by atoms with Crippen molar-refractivity contribution < 1.29 is 18.3 Å². The van der Waals surface area contributed by atoms with Gasteiger partial charge in [-0.25, -0.2) is 4.39 Å². The highest BCUT2D eigenvalue weighted by Crippen LogP contribution is 2.25. The standard InChI is InChI=1S/C12H13BrF2O2/c1-8(16)4-2-3-5-17-11-7-9(13)6-10(14)12(11)15/h6-7H,2-5H2,1H3. The fourth-order valence-electron chi connectivity index (χ4n) is 1.30. The molecule has 0 aliphatic carbocycles. The zero-order valence-electron chi connectivity index (χ0n) is 9.43. The van der Waals surface area contributed by atoms with Crippen LogP contribution in [0.2, 0.25) is 0 Å². The Bertz CT molecular complexity index is 408. The molecule has 0 saturated carbocycles. The average molecular weight is 307 g/mol. The highest BCUT2D eigenvalue weighted by atomic mass is 79.9. The van der Waals surface area contributed by atoms with Crippen LogP contribution in [-0.4, -0.2) is 12.4 Å². The van der Waals surface area contributed by atoms with Crippen molar-refractivity contribution in [3.63, 3.8) is 0 Å². The molecule has 0 fully saturated rings. The Morgan fingerprint density at radius 2 is 2.06 bits per heavy atom. The molecular formula is C12H13BrF2O2. The molecular weight excluding hydrogens is 294 g/mol. The normalized spacial score (nSPS) is 10.4. The van der Waals surface area contributed by atoms with Gasteiger partial charge in [-0.1, -0.05) is 15.9 Å². The number of carbonyl (C=O) groups is 1. The molecule has 0 saturated heterocycles. The summed E-state index contributed by atoms with van der Waals surface area (Å²) in [6.45, 7) is 1.78. The highest BCUT2D eigenvalue weighted by molar-refractivity contribution is 9.10. The maximum Gasteiger partial charge on any atom is 0.200 e. The van der Waals surface area contributed by atoms with Crippen LogP contribution in [-0.2, 0) is 4.79 Å². The van der Waals surface area contributed by atoms with Crippen LogP contribution < -0.4 is 4.74 Å². The number of benzene rings is 1. The van der Waals surface area contributed by atoms with Crippen LogP contribution in [0.3, 0.4) is 0 Å². The predicted molar refractivity (Wildman–Crippen MR) is 64.1 cm³/mol. The molecule has 0 atom stereocenters. The van der Waals surface area contributed by atoms with Crippen LogP contribution in [0.4, 0.5) is 8.78 Å². The molecule has 17 heavy (non-hydrogen) atoms. The molecule has 0 bridgehead atoms. The minimum absolute atomic E-state index is 0.111. The van der Waals surface area contributed by atoms with Crippen molar-refractivity contribution in [3.05, 3.63) is 28.2 Å². The van der Waals surface area contributed by atoms with E-state index in [1.54, 1.807) is 0 Å². The summed E-state index contributed by atoms with van der Waals surface area (Å²) in [5, 5.41) is 0. The van der Waals surface area contributed by atoms with E-state index in [2.05, 4.69) is 15.9 Å². The van der Waals surface area contributed by atoms with Gasteiger partial charge in [-0.05, 0) is 31.9 Å². The van der Waals surface area contributed by atoms with Gasteiger partial charge in [0.2, 0.25) is 5.82 Å². The topological polar surface area (TPSA) is 26.3 Å². The van der Waals surface area contributed by atoms with Gasteiger partial charge in [0.1, 0.15) is 5.78 Å². The molecule has 0 aliphatic heterocycles. The fraction of sp³-hybridized carbons (Fsp3) is 0.417. The van der Waals surface area contributed by atoms with E-state index in [-0.39, 0.29) is 18.1 Å². The van der Waals surface area contributed by atoms with Crippen LogP contribution >= 0.6 is 15.9 Å². The number of carbonyl (C=O) groups excluding carboxylic acids is 1. The van der Waals surface area contributed by atoms with E-state index in [1.807, 2.05) is 0 Å². The van der Waals surface area contributed by atoms with Crippen LogP contribution in [0.1, 0.15) is 26.2 Å². The van der Waals surface area contributed by atoms with Crippen molar-refractivity contribution in [3.8, 4) is 5.75 Å². The Labute approximate surface area is 107 Å². The minimum Gasteiger partial charge on any atom is -0.490 e. The lowest BCUT2D eigenvalue weighted by atomic mass is 10.2. The SMILES string of the molecule is CC(=O)CCCCOc1cc(Br)cc(F)c1F. The third-order valence-electron chi connectivity index (χ3n) is 2.14. The smallest absolute Gasteiger partial charge is 0.200 e. The monoisotopic (exact) mass is 306 g/mol. The average Bonchev–Trinajstić information content (AvgIpc) is 2.23. The van der Waals surface area contributed by atoms with Crippen molar-refractivity contribution in [1.29, 1.82) is 0 Å². The predicted octanol–water partition coefficient (Wildman–Crippen LogP) is 3.87. The first kappa shape index (κ1) is 14.1. The van der Waals surface area contributed by atoms with Gasteiger partial charge in [-0.2, -0.15) is 4.39 Å². The Morgan fingerprint density at radius 3 is 2.71 bits per heavy atom. The molecule has 0 N–H and O–H groups in total. The number of unbranched alkanes of at least 4 members (excludes halogenated alkanes) is 1. The number of Topliss-reactive ketones (excluding diaryl/α,β-unsaturated/α-hetero) is 1. The van der Waals surface area contributed by atoms with E-state index >= 15 is 0 Å². The zero-order valence-corrected chi connectivity index (χ0v) is 11.0. The summed E-state index contributed by atoms with van der Waals surface area (Å²) in [5.41, 5.74) is 0. The first-order chi connectivity index (χ1) is 8.00. The van der Waals surface area contributed by atoms with Crippen molar-refractivity contribution in [2.75, 3.05) is 6.61 Å².